The Morgan fingerprint density at radius 2 is 2.07 bits per heavy atom. The highest BCUT2D eigenvalue weighted by Gasteiger charge is 2.26. The Morgan fingerprint density at radius 3 is 2.76 bits per heavy atom. The van der Waals surface area contributed by atoms with E-state index >= 15 is 0 Å². The third-order valence-corrected chi connectivity index (χ3v) is 5.48. The maximum absolute atomic E-state index is 12.1. The van der Waals surface area contributed by atoms with Crippen LogP contribution in [0.15, 0.2) is 24.5 Å². The lowest BCUT2D eigenvalue weighted by atomic mass is 9.96. The van der Waals surface area contributed by atoms with Gasteiger partial charge in [0.05, 0.1) is 24.1 Å². The number of pyridine rings is 1. The van der Waals surface area contributed by atoms with Gasteiger partial charge in [0, 0.05) is 34.4 Å². The van der Waals surface area contributed by atoms with Crippen molar-refractivity contribution in [3.63, 3.8) is 0 Å². The molecule has 2 aliphatic heterocycles. The molecule has 0 aromatic carbocycles. The largest absolute Gasteiger partial charge is 0.384 e. The highest BCUT2D eigenvalue weighted by molar-refractivity contribution is 5.99. The van der Waals surface area contributed by atoms with Crippen LogP contribution in [0.4, 0.5) is 11.6 Å². The Morgan fingerprint density at radius 1 is 1.28 bits per heavy atom. The molecule has 2 aromatic heterocycles. The van der Waals surface area contributed by atoms with Crippen LogP contribution >= 0.6 is 0 Å². The van der Waals surface area contributed by atoms with Crippen LogP contribution in [0.3, 0.4) is 0 Å². The third-order valence-electron chi connectivity index (χ3n) is 5.48. The second-order valence-electron chi connectivity index (χ2n) is 8.23. The van der Waals surface area contributed by atoms with E-state index in [-0.39, 0.29) is 15.3 Å². The molecule has 0 unspecified atom stereocenters. The van der Waals surface area contributed by atoms with Crippen LogP contribution in [0, 0.1) is 5.92 Å². The lowest BCUT2D eigenvalue weighted by Crippen LogP contribution is -2.40. The number of carbonyl (C=O) groups excluding carboxylic acids is 1. The van der Waals surface area contributed by atoms with Crippen LogP contribution in [0.1, 0.15) is 41.7 Å². The van der Waals surface area contributed by atoms with Crippen molar-refractivity contribution in [3.05, 3.63) is 30.2 Å². The van der Waals surface area contributed by atoms with E-state index in [4.69, 9.17) is 9.72 Å². The van der Waals surface area contributed by atoms with Gasteiger partial charge >= 0.3 is 0 Å². The van der Waals surface area contributed by atoms with Crippen molar-refractivity contribution in [2.45, 2.75) is 38.7 Å². The van der Waals surface area contributed by atoms with E-state index in [1.807, 2.05) is 11.0 Å². The fourth-order valence-electron chi connectivity index (χ4n) is 3.71. The summed E-state index contributed by atoms with van der Waals surface area (Å²) in [5, 5.41) is 12.9. The molecule has 0 aliphatic carbocycles. The quantitative estimate of drug-likeness (QED) is 0.794. The molecular formula is C21H31N5O3. The van der Waals surface area contributed by atoms with Crippen LogP contribution in [0.5, 0.6) is 0 Å². The molecule has 4 heterocycles. The van der Waals surface area contributed by atoms with E-state index < -0.39 is 5.60 Å². The summed E-state index contributed by atoms with van der Waals surface area (Å²) in [7, 11) is 0. The summed E-state index contributed by atoms with van der Waals surface area (Å²) in [5.41, 5.74) is 1.10. The number of nitrogens with one attached hydrogen (secondary N) is 1. The van der Waals surface area contributed by atoms with Crippen LogP contribution in [-0.2, 0) is 15.1 Å². The second-order valence-corrected chi connectivity index (χ2v) is 8.23. The average molecular weight is 402 g/mol. The zero-order valence-electron chi connectivity index (χ0n) is 16.9. The maximum Gasteiger partial charge on any atom is 0.245 e. The fraction of sp³-hybridized carbons (Fsp3) is 0.524. The summed E-state index contributed by atoms with van der Waals surface area (Å²) in [5.74, 6) is 1.74. The summed E-state index contributed by atoms with van der Waals surface area (Å²) in [4.78, 5) is 27.7. The van der Waals surface area contributed by atoms with Crippen LogP contribution in [0.2, 0.25) is 0 Å². The molecule has 1 amide bonds. The lowest BCUT2D eigenvalue weighted by Gasteiger charge is -2.31. The van der Waals surface area contributed by atoms with E-state index in [2.05, 4.69) is 15.3 Å². The lowest BCUT2D eigenvalue weighted by molar-refractivity contribution is -0.115. The van der Waals surface area contributed by atoms with Crippen LogP contribution in [-0.4, -0.2) is 52.3 Å². The van der Waals surface area contributed by atoms with Gasteiger partial charge in [-0.25, -0.2) is 9.97 Å². The Balaban J connectivity index is 0.00000171. The topological polar surface area (TPSA) is 100 Å². The number of carbonyl (C=O) groups is 1. The summed E-state index contributed by atoms with van der Waals surface area (Å²) in [6, 6.07) is 3.67. The smallest absolute Gasteiger partial charge is 0.245 e. The molecule has 0 radical (unpaired) electrons. The van der Waals surface area contributed by atoms with Gasteiger partial charge in [0.1, 0.15) is 5.60 Å². The van der Waals surface area contributed by atoms with E-state index in [0.717, 1.165) is 44.6 Å². The Kier molecular flexibility index (Phi) is 5.47. The number of ether oxygens (including phenoxy) is 1. The number of hydrogen-bond donors (Lipinski definition) is 2. The zero-order valence-corrected chi connectivity index (χ0v) is 16.9. The summed E-state index contributed by atoms with van der Waals surface area (Å²) < 4.78 is 5.44. The molecule has 1 fully saturated rings. The molecule has 0 spiro atoms. The Bertz CT molecular complexity index is 884. The number of aliphatic hydroxyl groups is 1. The monoisotopic (exact) mass is 401 g/mol. The van der Waals surface area contributed by atoms with E-state index in [1.54, 1.807) is 32.3 Å². The van der Waals surface area contributed by atoms with E-state index in [1.165, 1.54) is 0 Å². The highest BCUT2D eigenvalue weighted by Crippen LogP contribution is 2.30. The first-order chi connectivity index (χ1) is 13.9. The maximum atomic E-state index is 12.1. The number of hydrogen-bond acceptors (Lipinski definition) is 7. The second kappa shape index (κ2) is 8.04. The van der Waals surface area contributed by atoms with Gasteiger partial charge in [-0.2, -0.15) is 0 Å². The van der Waals surface area contributed by atoms with Crippen molar-refractivity contribution in [1.29, 1.82) is 0 Å². The summed E-state index contributed by atoms with van der Waals surface area (Å²) >= 11 is 0. The molecule has 2 aromatic rings. The summed E-state index contributed by atoms with van der Waals surface area (Å²) in [6.07, 6.45) is 6.47. The predicted octanol–water partition coefficient (Wildman–Crippen LogP) is 2.83. The zero-order chi connectivity index (χ0) is 20.4. The first-order valence-corrected chi connectivity index (χ1v) is 10.1. The van der Waals surface area contributed by atoms with Crippen molar-refractivity contribution < 1.29 is 17.5 Å². The fourth-order valence-corrected chi connectivity index (χ4v) is 3.71. The van der Waals surface area contributed by atoms with Crippen molar-refractivity contribution in [3.8, 4) is 11.3 Å². The average Bonchev–Trinajstić information content (AvgIpc) is 2.72. The van der Waals surface area contributed by atoms with E-state index in [9.17, 15) is 9.90 Å². The standard InChI is InChI=1S/C21H27N5O3.2H2/c1-21(2,28)17-4-3-15(11-22-17)16-12-23-19-20(24-16)26(13-18(27)25-19)8-5-14-6-9-29-10-7-14;;/h3-4,11-12,14,28H,5-10,13H2,1-2H3,(H,23,25,27);2*1H. The number of anilines is 2. The van der Waals surface area contributed by atoms with Crippen LogP contribution in [0.25, 0.3) is 11.3 Å². The van der Waals surface area contributed by atoms with Gasteiger partial charge in [-0.05, 0) is 51.2 Å². The Hall–Kier alpha value is -2.58. The molecular weight excluding hydrogens is 370 g/mol. The first-order valence-electron chi connectivity index (χ1n) is 10.1. The summed E-state index contributed by atoms with van der Waals surface area (Å²) in [6.45, 7) is 6.08. The van der Waals surface area contributed by atoms with Gasteiger partial charge in [0.15, 0.2) is 11.6 Å². The van der Waals surface area contributed by atoms with Gasteiger partial charge in [-0.15, -0.1) is 0 Å². The number of amides is 1. The minimum Gasteiger partial charge on any atom is -0.384 e. The van der Waals surface area contributed by atoms with Crippen molar-refractivity contribution in [2.24, 2.45) is 5.92 Å². The molecule has 2 N–H and O–H groups in total. The molecule has 0 bridgehead atoms. The molecule has 8 nitrogen and oxygen atoms in total. The molecule has 8 heteroatoms. The van der Waals surface area contributed by atoms with Crippen molar-refractivity contribution in [2.75, 3.05) is 36.5 Å². The van der Waals surface area contributed by atoms with Crippen molar-refractivity contribution >= 4 is 17.5 Å². The number of rotatable bonds is 5. The number of fused-ring (bicyclic) bond motifs is 1. The minimum atomic E-state index is -0.995. The predicted molar refractivity (Wildman–Crippen MR) is 114 cm³/mol. The van der Waals surface area contributed by atoms with Gasteiger partial charge in [0.2, 0.25) is 5.91 Å². The van der Waals surface area contributed by atoms with E-state index in [0.29, 0.717) is 28.9 Å². The van der Waals surface area contributed by atoms with Crippen molar-refractivity contribution in [1.82, 2.24) is 15.0 Å². The van der Waals surface area contributed by atoms with Gasteiger partial charge in [-0.1, -0.05) is 0 Å². The molecule has 29 heavy (non-hydrogen) atoms. The third kappa shape index (κ3) is 4.54. The normalized spacial score (nSPS) is 17.8. The Labute approximate surface area is 173 Å². The first kappa shape index (κ1) is 19.7. The minimum absolute atomic E-state index is 0. The SMILES string of the molecule is CC(C)(O)c1ccc(-c2cnc3c(n2)N(CCC2CCOCC2)CC(=O)N3)cn1.[HH].[HH]. The molecule has 1 saturated heterocycles. The number of nitrogens with zero attached hydrogens (tertiary/aromatic N) is 4. The molecule has 158 valence electrons. The molecule has 0 atom stereocenters. The number of aromatic nitrogens is 3. The van der Waals surface area contributed by atoms with Gasteiger partial charge in [-0.3, -0.25) is 9.78 Å². The van der Waals surface area contributed by atoms with Gasteiger partial charge in [0.25, 0.3) is 0 Å². The molecule has 2 aliphatic rings. The van der Waals surface area contributed by atoms with Crippen LogP contribution < -0.4 is 10.2 Å². The molecule has 0 saturated carbocycles. The molecule has 4 rings (SSSR count). The van der Waals surface area contributed by atoms with Gasteiger partial charge < -0.3 is 20.1 Å². The highest BCUT2D eigenvalue weighted by atomic mass is 16.5.